The van der Waals surface area contributed by atoms with E-state index in [1.807, 2.05) is 18.2 Å². The molecule has 1 N–H and O–H groups in total. The molecule has 0 spiro atoms. The third-order valence-corrected chi connectivity index (χ3v) is 2.22. The van der Waals surface area contributed by atoms with Gasteiger partial charge in [0.05, 0.1) is 0 Å². The maximum absolute atomic E-state index is 3.62. The van der Waals surface area contributed by atoms with Crippen LogP contribution in [-0.4, -0.2) is 4.98 Å². The number of rotatable bonds is 0. The second kappa shape index (κ2) is 11.1. The van der Waals surface area contributed by atoms with E-state index in [-0.39, 0.29) is 51.0 Å². The molecule has 1 aromatic heterocycles. The van der Waals surface area contributed by atoms with Gasteiger partial charge in [-0.3, -0.25) is 0 Å². The molecule has 2 rings (SSSR count). The molecule has 90 valence electrons. The van der Waals surface area contributed by atoms with E-state index in [1.54, 1.807) is 0 Å². The van der Waals surface area contributed by atoms with Crippen molar-refractivity contribution in [1.29, 1.82) is 0 Å². The molecule has 0 atom stereocenters. The summed E-state index contributed by atoms with van der Waals surface area (Å²) >= 11 is 0. The summed E-state index contributed by atoms with van der Waals surface area (Å²) in [5, 5.41) is 0. The van der Waals surface area contributed by atoms with E-state index < -0.39 is 0 Å². The number of hydrogen-bond donors (Lipinski definition) is 1. The molecule has 0 fully saturated rings. The molecule has 17 heavy (non-hydrogen) atoms. The molecule has 0 saturated carbocycles. The first-order chi connectivity index (χ1) is 6.61. The van der Waals surface area contributed by atoms with Crippen molar-refractivity contribution < 1.29 is 51.0 Å². The van der Waals surface area contributed by atoms with E-state index in [1.165, 1.54) is 16.8 Å². The second-order valence-electron chi connectivity index (χ2n) is 3.32. The van der Waals surface area contributed by atoms with Gasteiger partial charge in [-0.05, 0) is 0 Å². The maximum Gasteiger partial charge on any atom is 4.00 e. The van der Waals surface area contributed by atoms with Crippen LogP contribution in [0.3, 0.4) is 0 Å². The summed E-state index contributed by atoms with van der Waals surface area (Å²) < 4.78 is 0. The van der Waals surface area contributed by atoms with Crippen LogP contribution in [0.2, 0.25) is 0 Å². The fourth-order valence-electron chi connectivity index (χ4n) is 1.02. The number of H-pyrrole nitrogens is 1. The van der Waals surface area contributed by atoms with Crippen LogP contribution in [0.5, 0.6) is 0 Å². The maximum atomic E-state index is 3.62. The summed E-state index contributed by atoms with van der Waals surface area (Å²) in [5.74, 6) is 0. The number of hydrogen-bond acceptors (Lipinski definition) is 0. The Morgan fingerprint density at radius 1 is 1.18 bits per heavy atom. The SMILES string of the molecule is C=C1[C-]=CC=C1.Cc1[c-][nH]c(C)c1C.[Cl-].[Cl-].[Zr+4]. The Hall–Kier alpha value is -0.0369. The predicted octanol–water partition coefficient (Wildman–Crippen LogP) is -2.78. The van der Waals surface area contributed by atoms with Crippen LogP contribution in [0.25, 0.3) is 0 Å². The van der Waals surface area contributed by atoms with Crippen LogP contribution in [0.4, 0.5) is 0 Å². The summed E-state index contributed by atoms with van der Waals surface area (Å²) in [7, 11) is 0. The zero-order chi connectivity index (χ0) is 10.6. The Morgan fingerprint density at radius 2 is 1.76 bits per heavy atom. The van der Waals surface area contributed by atoms with Crippen molar-refractivity contribution in [3.63, 3.8) is 0 Å². The summed E-state index contributed by atoms with van der Waals surface area (Å²) in [6, 6.07) is 0. The minimum Gasteiger partial charge on any atom is -1.00 e. The molecule has 1 nitrogen and oxygen atoms in total. The summed E-state index contributed by atoms with van der Waals surface area (Å²) in [5.41, 5.74) is 4.74. The van der Waals surface area contributed by atoms with E-state index in [9.17, 15) is 0 Å². The van der Waals surface area contributed by atoms with Gasteiger partial charge >= 0.3 is 26.2 Å². The molecule has 4 heteroatoms. The Morgan fingerprint density at radius 3 is 1.88 bits per heavy atom. The summed E-state index contributed by atoms with van der Waals surface area (Å²) in [4.78, 5) is 3.01. The Bertz CT molecular complexity index is 359. The first-order valence-electron chi connectivity index (χ1n) is 4.60. The Balaban J connectivity index is -0.000000201. The van der Waals surface area contributed by atoms with Gasteiger partial charge in [0.15, 0.2) is 0 Å². The quantitative estimate of drug-likeness (QED) is 0.489. The zero-order valence-corrected chi connectivity index (χ0v) is 14.2. The number of aromatic amines is 1. The van der Waals surface area contributed by atoms with Crippen molar-refractivity contribution in [2.75, 3.05) is 0 Å². The van der Waals surface area contributed by atoms with Gasteiger partial charge in [-0.25, -0.2) is 0 Å². The first-order valence-corrected chi connectivity index (χ1v) is 4.60. The molecule has 0 amide bonds. The van der Waals surface area contributed by atoms with Crippen LogP contribution >= 0.6 is 0 Å². The molecule has 1 aliphatic rings. The average molecular weight is 347 g/mol. The van der Waals surface area contributed by atoms with Crippen LogP contribution in [0.1, 0.15) is 16.8 Å². The molecular weight excluding hydrogens is 332 g/mol. The largest absolute Gasteiger partial charge is 4.00 e. The van der Waals surface area contributed by atoms with Crippen LogP contribution < -0.4 is 24.8 Å². The number of halogens is 2. The van der Waals surface area contributed by atoms with Crippen molar-refractivity contribution >= 4 is 0 Å². The molecule has 0 aromatic carbocycles. The van der Waals surface area contributed by atoms with E-state index >= 15 is 0 Å². The molecule has 0 bridgehead atoms. The van der Waals surface area contributed by atoms with E-state index in [4.69, 9.17) is 0 Å². The summed E-state index contributed by atoms with van der Waals surface area (Å²) in [6.45, 7) is 9.83. The third kappa shape index (κ3) is 7.81. The van der Waals surface area contributed by atoms with Crippen molar-refractivity contribution in [3.8, 4) is 0 Å². The third-order valence-electron chi connectivity index (χ3n) is 2.22. The van der Waals surface area contributed by atoms with Gasteiger partial charge in [0.2, 0.25) is 0 Å². The van der Waals surface area contributed by atoms with Crippen molar-refractivity contribution in [1.82, 2.24) is 4.98 Å². The van der Waals surface area contributed by atoms with Gasteiger partial charge in [0, 0.05) is 0 Å². The molecule has 1 heterocycles. The number of aromatic nitrogens is 1. The molecule has 1 aromatic rings. The molecular formula is C13H15Cl2NZr. The van der Waals surface area contributed by atoms with Gasteiger partial charge < -0.3 is 29.8 Å². The molecule has 0 unspecified atom stereocenters. The topological polar surface area (TPSA) is 15.8 Å². The predicted molar refractivity (Wildman–Crippen MR) is 59.9 cm³/mol. The van der Waals surface area contributed by atoms with Crippen molar-refractivity contribution in [2.45, 2.75) is 20.8 Å². The van der Waals surface area contributed by atoms with Gasteiger partial charge in [0.25, 0.3) is 0 Å². The molecule has 0 aliphatic heterocycles. The Kier molecular flexibility index (Phi) is 14.4. The van der Waals surface area contributed by atoms with E-state index in [2.05, 4.69) is 44.6 Å². The molecule has 0 radical (unpaired) electrons. The standard InChI is InChI=1S/C7H10N.C6H5.2ClH.Zr/c1-5-4-8-7(3)6(5)2;1-6-4-2-3-5-6;;;/h8H,1-3H3;2-4H,1H2;2*1H;/q2*-1;;;+4/p-2. The smallest absolute Gasteiger partial charge is 1.00 e. The fraction of sp³-hybridized carbons (Fsp3) is 0.231. The molecule has 0 saturated heterocycles. The van der Waals surface area contributed by atoms with E-state index in [0.717, 1.165) is 5.57 Å². The van der Waals surface area contributed by atoms with Gasteiger partial charge in [0.1, 0.15) is 0 Å². The van der Waals surface area contributed by atoms with Gasteiger partial charge in [-0.1, -0.05) is 20.8 Å². The zero-order valence-electron chi connectivity index (χ0n) is 10.2. The van der Waals surface area contributed by atoms with Gasteiger partial charge in [-0.15, -0.1) is 18.0 Å². The van der Waals surface area contributed by atoms with Crippen molar-refractivity contribution in [2.24, 2.45) is 0 Å². The van der Waals surface area contributed by atoms with Crippen LogP contribution in [0.15, 0.2) is 30.4 Å². The number of nitrogens with one attached hydrogen (secondary N) is 1. The minimum absolute atomic E-state index is 0. The monoisotopic (exact) mass is 345 g/mol. The van der Waals surface area contributed by atoms with Crippen molar-refractivity contribution in [3.05, 3.63) is 59.5 Å². The van der Waals surface area contributed by atoms with Crippen LogP contribution in [0, 0.1) is 33.0 Å². The first kappa shape index (κ1) is 22.2. The molecule has 1 aliphatic carbocycles. The van der Waals surface area contributed by atoms with E-state index in [0.29, 0.717) is 0 Å². The fourth-order valence-corrected chi connectivity index (χ4v) is 1.02. The number of aryl methyl sites for hydroxylation is 2. The normalized spacial score (nSPS) is 10.6. The number of allylic oxidation sites excluding steroid dienone is 5. The Labute approximate surface area is 135 Å². The van der Waals surface area contributed by atoms with Gasteiger partial charge in [-0.2, -0.15) is 41.5 Å². The average Bonchev–Trinajstić information content (AvgIpc) is 2.73. The van der Waals surface area contributed by atoms with Crippen LogP contribution in [-0.2, 0) is 26.2 Å². The second-order valence-corrected chi connectivity index (χ2v) is 3.32. The minimum atomic E-state index is 0. The summed E-state index contributed by atoms with van der Waals surface area (Å²) in [6.07, 6.45) is 11.6.